The summed E-state index contributed by atoms with van der Waals surface area (Å²) in [5, 5.41) is 14.3. The molecule has 2 amide bonds. The topological polar surface area (TPSA) is 78.4 Å². The van der Waals surface area contributed by atoms with Crippen molar-refractivity contribution in [3.63, 3.8) is 0 Å². The molecule has 1 fully saturated rings. The average Bonchev–Trinajstić information content (AvgIpc) is 2.77. The summed E-state index contributed by atoms with van der Waals surface area (Å²) < 4.78 is 0. The standard InChI is InChI=1S/C13H24N2O3S/c1-9-4-3-5-10(9)8-14-13(18)15-11(12(16)17)6-7-19-2/h9-11H,3-8H2,1-2H3,(H,16,17)(H2,14,15,18)/t9?,10?,11-/m1/s1. The third kappa shape index (κ3) is 5.72. The van der Waals surface area contributed by atoms with Crippen molar-refractivity contribution in [3.05, 3.63) is 0 Å². The Kier molecular flexibility index (Phi) is 7.05. The van der Waals surface area contributed by atoms with Crippen LogP contribution in [0.1, 0.15) is 32.6 Å². The molecule has 1 saturated carbocycles. The molecule has 0 bridgehead atoms. The predicted molar refractivity (Wildman–Crippen MR) is 77.5 cm³/mol. The number of hydrogen-bond acceptors (Lipinski definition) is 3. The number of thioether (sulfide) groups is 1. The van der Waals surface area contributed by atoms with Crippen LogP contribution in [0.4, 0.5) is 4.79 Å². The van der Waals surface area contributed by atoms with E-state index in [1.165, 1.54) is 12.8 Å². The van der Waals surface area contributed by atoms with Gasteiger partial charge in [0.2, 0.25) is 0 Å². The van der Waals surface area contributed by atoms with Crippen LogP contribution in [-0.2, 0) is 4.79 Å². The highest BCUT2D eigenvalue weighted by Crippen LogP contribution is 2.30. The first-order chi connectivity index (χ1) is 9.04. The number of carboxylic acid groups (broad SMARTS) is 1. The third-order valence-corrected chi connectivity index (χ3v) is 4.42. The minimum absolute atomic E-state index is 0.368. The summed E-state index contributed by atoms with van der Waals surface area (Å²) in [6, 6.07) is -1.17. The Hall–Kier alpha value is -0.910. The smallest absolute Gasteiger partial charge is 0.326 e. The number of carbonyl (C=O) groups excluding carboxylic acids is 1. The molecule has 0 saturated heterocycles. The molecule has 1 rings (SSSR count). The molecule has 5 nitrogen and oxygen atoms in total. The lowest BCUT2D eigenvalue weighted by Crippen LogP contribution is -2.47. The van der Waals surface area contributed by atoms with Crippen molar-refractivity contribution in [2.75, 3.05) is 18.6 Å². The highest BCUT2D eigenvalue weighted by molar-refractivity contribution is 7.98. The number of carboxylic acids is 1. The van der Waals surface area contributed by atoms with E-state index in [4.69, 9.17) is 5.11 Å². The van der Waals surface area contributed by atoms with E-state index in [1.807, 2.05) is 6.26 Å². The van der Waals surface area contributed by atoms with E-state index in [0.29, 0.717) is 24.8 Å². The van der Waals surface area contributed by atoms with Crippen LogP contribution in [0, 0.1) is 11.8 Å². The molecule has 1 aliphatic carbocycles. The van der Waals surface area contributed by atoms with Crippen LogP contribution in [0.3, 0.4) is 0 Å². The van der Waals surface area contributed by atoms with Crippen LogP contribution in [0.25, 0.3) is 0 Å². The van der Waals surface area contributed by atoms with Crippen LogP contribution in [0.15, 0.2) is 0 Å². The summed E-state index contributed by atoms with van der Waals surface area (Å²) in [4.78, 5) is 22.7. The molecule has 0 aromatic carbocycles. The van der Waals surface area contributed by atoms with E-state index in [1.54, 1.807) is 11.8 Å². The fourth-order valence-electron chi connectivity index (χ4n) is 2.45. The SMILES string of the molecule is CSCC[C@@H](NC(=O)NCC1CCCC1C)C(=O)O. The van der Waals surface area contributed by atoms with E-state index >= 15 is 0 Å². The van der Waals surface area contributed by atoms with Gasteiger partial charge in [0.15, 0.2) is 0 Å². The Morgan fingerprint density at radius 2 is 2.16 bits per heavy atom. The van der Waals surface area contributed by atoms with Crippen LogP contribution in [0.2, 0.25) is 0 Å². The quantitative estimate of drug-likeness (QED) is 0.669. The van der Waals surface area contributed by atoms with Crippen molar-refractivity contribution in [3.8, 4) is 0 Å². The van der Waals surface area contributed by atoms with Gasteiger partial charge in [-0.1, -0.05) is 19.8 Å². The first-order valence-corrected chi connectivity index (χ1v) is 8.20. The van der Waals surface area contributed by atoms with Gasteiger partial charge >= 0.3 is 12.0 Å². The molecule has 0 aromatic heterocycles. The number of carbonyl (C=O) groups is 2. The van der Waals surface area contributed by atoms with Gasteiger partial charge in [-0.2, -0.15) is 11.8 Å². The summed E-state index contributed by atoms with van der Waals surface area (Å²) in [7, 11) is 0. The largest absolute Gasteiger partial charge is 0.480 e. The summed E-state index contributed by atoms with van der Waals surface area (Å²) in [5.41, 5.74) is 0. The van der Waals surface area contributed by atoms with E-state index < -0.39 is 12.0 Å². The molecule has 0 radical (unpaired) electrons. The van der Waals surface area contributed by atoms with Crippen molar-refractivity contribution >= 4 is 23.8 Å². The van der Waals surface area contributed by atoms with Crippen molar-refractivity contribution in [2.24, 2.45) is 11.8 Å². The zero-order chi connectivity index (χ0) is 14.3. The number of aliphatic carboxylic acids is 1. The average molecular weight is 288 g/mol. The van der Waals surface area contributed by atoms with Gasteiger partial charge in [-0.15, -0.1) is 0 Å². The Morgan fingerprint density at radius 3 is 2.68 bits per heavy atom. The van der Waals surface area contributed by atoms with Crippen molar-refractivity contribution in [1.82, 2.24) is 10.6 Å². The molecule has 6 heteroatoms. The van der Waals surface area contributed by atoms with Gasteiger partial charge in [0.05, 0.1) is 0 Å². The van der Waals surface area contributed by atoms with Gasteiger partial charge in [0, 0.05) is 6.54 Å². The number of rotatable bonds is 7. The maximum atomic E-state index is 11.7. The summed E-state index contributed by atoms with van der Waals surface area (Å²) in [6.45, 7) is 2.84. The van der Waals surface area contributed by atoms with Crippen LogP contribution < -0.4 is 10.6 Å². The molecule has 0 aliphatic heterocycles. The summed E-state index contributed by atoms with van der Waals surface area (Å²) in [6.07, 6.45) is 5.96. The summed E-state index contributed by atoms with van der Waals surface area (Å²) in [5.74, 6) is 0.919. The molecule has 3 N–H and O–H groups in total. The predicted octanol–water partition coefficient (Wildman–Crippen LogP) is 1.93. The first kappa shape index (κ1) is 16.1. The molecule has 0 heterocycles. The lowest BCUT2D eigenvalue weighted by molar-refractivity contribution is -0.139. The van der Waals surface area contributed by atoms with Crippen LogP contribution >= 0.6 is 11.8 Å². The number of hydrogen-bond donors (Lipinski definition) is 3. The third-order valence-electron chi connectivity index (χ3n) is 3.78. The lowest BCUT2D eigenvalue weighted by atomic mass is 9.98. The fraction of sp³-hybridized carbons (Fsp3) is 0.846. The maximum absolute atomic E-state index is 11.7. The molecular formula is C13H24N2O3S. The molecule has 3 atom stereocenters. The van der Waals surface area contributed by atoms with Gasteiger partial charge in [-0.05, 0) is 36.7 Å². The van der Waals surface area contributed by atoms with Gasteiger partial charge in [0.25, 0.3) is 0 Å². The van der Waals surface area contributed by atoms with Gasteiger partial charge in [-0.25, -0.2) is 9.59 Å². The number of urea groups is 1. The number of nitrogens with one attached hydrogen (secondary N) is 2. The monoisotopic (exact) mass is 288 g/mol. The molecule has 110 valence electrons. The van der Waals surface area contributed by atoms with Gasteiger partial charge < -0.3 is 15.7 Å². The van der Waals surface area contributed by atoms with Crippen LogP contribution in [-0.4, -0.2) is 41.7 Å². The molecular weight excluding hydrogens is 264 g/mol. The highest BCUT2D eigenvalue weighted by Gasteiger charge is 2.24. The lowest BCUT2D eigenvalue weighted by Gasteiger charge is -2.18. The molecule has 1 aliphatic rings. The molecule has 0 spiro atoms. The second-order valence-corrected chi connectivity index (χ2v) is 6.18. The van der Waals surface area contributed by atoms with Crippen molar-refractivity contribution in [2.45, 2.75) is 38.6 Å². The van der Waals surface area contributed by atoms with Crippen LogP contribution in [0.5, 0.6) is 0 Å². The van der Waals surface area contributed by atoms with Gasteiger partial charge in [0.1, 0.15) is 6.04 Å². The Labute approximate surface area is 118 Å². The van der Waals surface area contributed by atoms with Gasteiger partial charge in [-0.3, -0.25) is 0 Å². The maximum Gasteiger partial charge on any atom is 0.326 e. The summed E-state index contributed by atoms with van der Waals surface area (Å²) >= 11 is 1.57. The normalized spacial score (nSPS) is 23.9. The zero-order valence-corrected chi connectivity index (χ0v) is 12.5. The molecule has 2 unspecified atom stereocenters. The Morgan fingerprint density at radius 1 is 1.42 bits per heavy atom. The van der Waals surface area contributed by atoms with E-state index in [9.17, 15) is 9.59 Å². The number of amides is 2. The minimum Gasteiger partial charge on any atom is -0.480 e. The Bertz CT molecular complexity index is 312. The second kappa shape index (κ2) is 8.30. The molecule has 0 aromatic rings. The Balaban J connectivity index is 2.29. The fourth-order valence-corrected chi connectivity index (χ4v) is 2.92. The van der Waals surface area contributed by atoms with E-state index in [2.05, 4.69) is 17.6 Å². The van der Waals surface area contributed by atoms with Crippen molar-refractivity contribution < 1.29 is 14.7 Å². The zero-order valence-electron chi connectivity index (χ0n) is 11.6. The van der Waals surface area contributed by atoms with E-state index in [0.717, 1.165) is 12.2 Å². The minimum atomic E-state index is -0.974. The molecule has 19 heavy (non-hydrogen) atoms. The van der Waals surface area contributed by atoms with Crippen molar-refractivity contribution in [1.29, 1.82) is 0 Å². The second-order valence-electron chi connectivity index (χ2n) is 5.19. The first-order valence-electron chi connectivity index (χ1n) is 6.80. The van der Waals surface area contributed by atoms with E-state index in [-0.39, 0.29) is 6.03 Å². The highest BCUT2D eigenvalue weighted by atomic mass is 32.2.